The molecule has 1 saturated heterocycles. The number of hydrogen-bond acceptors (Lipinski definition) is 7. The van der Waals surface area contributed by atoms with Crippen LogP contribution in [0.1, 0.15) is 57.5 Å². The number of likely N-dealkylation sites (tertiary alicyclic amines) is 1. The summed E-state index contributed by atoms with van der Waals surface area (Å²) in [7, 11) is 1.64. The molecule has 0 spiro atoms. The van der Waals surface area contributed by atoms with Crippen molar-refractivity contribution in [3.63, 3.8) is 0 Å². The number of benzene rings is 2. The number of hydrogen-bond donors (Lipinski definition) is 1. The molecule has 2 aromatic heterocycles. The molecule has 3 heterocycles. The van der Waals surface area contributed by atoms with E-state index < -0.39 is 11.8 Å². The third kappa shape index (κ3) is 5.27. The van der Waals surface area contributed by atoms with Crippen LogP contribution in [0.2, 0.25) is 0 Å². The number of nitrogens with one attached hydrogen (secondary N) is 1. The van der Waals surface area contributed by atoms with Crippen LogP contribution < -0.4 is 10.1 Å². The van der Waals surface area contributed by atoms with Crippen LogP contribution in [-0.2, 0) is 4.74 Å². The molecule has 1 amide bonds. The Hall–Kier alpha value is -4.47. The van der Waals surface area contributed by atoms with Crippen LogP contribution in [0.5, 0.6) is 5.75 Å². The lowest BCUT2D eigenvalue weighted by Gasteiger charge is -2.32. The lowest BCUT2D eigenvalue weighted by Crippen LogP contribution is -2.38. The Bertz CT molecular complexity index is 1510. The smallest absolute Gasteiger partial charge is 0.343 e. The number of piperidine rings is 1. The van der Waals surface area contributed by atoms with Crippen LogP contribution in [0, 0.1) is 12.7 Å². The molecule has 0 saturated carbocycles. The second-order valence-corrected chi connectivity index (χ2v) is 9.48. The van der Waals surface area contributed by atoms with Crippen molar-refractivity contribution in [1.82, 2.24) is 19.5 Å². The van der Waals surface area contributed by atoms with Crippen molar-refractivity contribution < 1.29 is 23.5 Å². The number of anilines is 2. The van der Waals surface area contributed by atoms with Crippen molar-refractivity contribution >= 4 is 29.0 Å². The summed E-state index contributed by atoms with van der Waals surface area (Å²) in [5.74, 6) is 0.0555. The van der Waals surface area contributed by atoms with Gasteiger partial charge in [-0.25, -0.2) is 14.2 Å². The van der Waals surface area contributed by atoms with Gasteiger partial charge in [0.25, 0.3) is 5.91 Å². The second-order valence-electron chi connectivity index (χ2n) is 9.48. The Kier molecular flexibility index (Phi) is 7.44. The molecule has 0 radical (unpaired) electrons. The first-order chi connectivity index (χ1) is 18.9. The number of carbonyl (C=O) groups is 2. The minimum absolute atomic E-state index is 0.156. The van der Waals surface area contributed by atoms with Crippen LogP contribution in [-0.4, -0.2) is 58.2 Å². The van der Waals surface area contributed by atoms with E-state index in [4.69, 9.17) is 9.47 Å². The van der Waals surface area contributed by atoms with Gasteiger partial charge in [-0.1, -0.05) is 18.2 Å². The largest absolute Gasteiger partial charge is 0.497 e. The van der Waals surface area contributed by atoms with E-state index in [1.54, 1.807) is 31.1 Å². The zero-order valence-corrected chi connectivity index (χ0v) is 22.1. The van der Waals surface area contributed by atoms with Gasteiger partial charge in [0, 0.05) is 19.3 Å². The molecule has 1 aliphatic heterocycles. The van der Waals surface area contributed by atoms with E-state index in [2.05, 4.69) is 27.5 Å². The second kappa shape index (κ2) is 11.1. The molecule has 2 aromatic carbocycles. The van der Waals surface area contributed by atoms with E-state index in [0.717, 1.165) is 24.2 Å². The molecule has 5 rings (SSSR count). The fraction of sp³-hybridized carbons (Fsp3) is 0.310. The number of ether oxygens (including phenoxy) is 2. The number of rotatable bonds is 7. The fourth-order valence-corrected chi connectivity index (χ4v) is 4.89. The first-order valence-corrected chi connectivity index (χ1v) is 12.9. The molecule has 1 N–H and O–H groups in total. The monoisotopic (exact) mass is 531 g/mol. The highest BCUT2D eigenvalue weighted by Crippen LogP contribution is 2.32. The van der Waals surface area contributed by atoms with Gasteiger partial charge in [-0.2, -0.15) is 9.61 Å². The number of nitrogens with zero attached hydrogens (tertiary/aromatic N) is 4. The van der Waals surface area contributed by atoms with Crippen LogP contribution in [0.25, 0.3) is 5.65 Å². The lowest BCUT2D eigenvalue weighted by molar-refractivity contribution is 0.0528. The number of aromatic nitrogens is 3. The first kappa shape index (κ1) is 26.1. The van der Waals surface area contributed by atoms with Crippen molar-refractivity contribution in [2.75, 3.05) is 32.1 Å². The number of amides is 1. The van der Waals surface area contributed by atoms with Gasteiger partial charge in [0.15, 0.2) is 5.65 Å². The molecule has 39 heavy (non-hydrogen) atoms. The summed E-state index contributed by atoms with van der Waals surface area (Å²) in [6.45, 7) is 4.86. The maximum atomic E-state index is 14.7. The standard InChI is InChI=1S/C29H30FN5O4/c1-4-39-29(37)23-17-32-35-26(23)31-16-22(27(35)33-25-15-18(2)5-10-24(25)30)28(36)34-13-11-20(12-14-34)19-6-8-21(38-3)9-7-19/h5-10,15-17,20,33H,4,11-14H2,1-3H3. The normalized spacial score (nSPS) is 13.9. The minimum atomic E-state index is -0.577. The fourth-order valence-electron chi connectivity index (χ4n) is 4.89. The van der Waals surface area contributed by atoms with E-state index in [0.29, 0.717) is 19.0 Å². The van der Waals surface area contributed by atoms with Crippen LogP contribution in [0.15, 0.2) is 54.9 Å². The van der Waals surface area contributed by atoms with Gasteiger partial charge in [0.2, 0.25) is 0 Å². The average Bonchev–Trinajstić information content (AvgIpc) is 3.40. The molecule has 202 valence electrons. The summed E-state index contributed by atoms with van der Waals surface area (Å²) in [4.78, 5) is 32.4. The Morgan fingerprint density at radius 2 is 1.82 bits per heavy atom. The Balaban J connectivity index is 1.46. The topological polar surface area (TPSA) is 98.1 Å². The van der Waals surface area contributed by atoms with Gasteiger partial charge in [-0.15, -0.1) is 0 Å². The maximum Gasteiger partial charge on any atom is 0.343 e. The number of carbonyl (C=O) groups excluding carboxylic acids is 2. The summed E-state index contributed by atoms with van der Waals surface area (Å²) in [5.41, 5.74) is 2.83. The molecule has 1 aliphatic rings. The van der Waals surface area contributed by atoms with E-state index in [1.165, 1.54) is 28.5 Å². The zero-order chi connectivity index (χ0) is 27.5. The molecule has 0 atom stereocenters. The number of halogens is 1. The molecule has 0 aliphatic carbocycles. The van der Waals surface area contributed by atoms with Gasteiger partial charge in [-0.3, -0.25) is 4.79 Å². The van der Waals surface area contributed by atoms with Crippen molar-refractivity contribution in [1.29, 1.82) is 0 Å². The van der Waals surface area contributed by atoms with Gasteiger partial charge < -0.3 is 19.7 Å². The van der Waals surface area contributed by atoms with E-state index in [9.17, 15) is 14.0 Å². The van der Waals surface area contributed by atoms with Gasteiger partial charge in [0.1, 0.15) is 28.5 Å². The van der Waals surface area contributed by atoms with Crippen molar-refractivity contribution in [2.24, 2.45) is 0 Å². The lowest BCUT2D eigenvalue weighted by atomic mass is 9.89. The summed E-state index contributed by atoms with van der Waals surface area (Å²) in [6.07, 6.45) is 4.36. The quantitative estimate of drug-likeness (QED) is 0.330. The average molecular weight is 532 g/mol. The number of methoxy groups -OCH3 is 1. The number of fused-ring (bicyclic) bond motifs is 1. The predicted octanol–water partition coefficient (Wildman–Crippen LogP) is 5.13. The molecular weight excluding hydrogens is 501 g/mol. The third-order valence-corrected chi connectivity index (χ3v) is 7.00. The highest BCUT2D eigenvalue weighted by atomic mass is 19.1. The van der Waals surface area contributed by atoms with Crippen LogP contribution in [0.4, 0.5) is 15.9 Å². The summed E-state index contributed by atoms with van der Waals surface area (Å²) < 4.78 is 26.5. The zero-order valence-electron chi connectivity index (χ0n) is 22.1. The molecule has 0 unspecified atom stereocenters. The highest BCUT2D eigenvalue weighted by molar-refractivity contribution is 6.01. The summed E-state index contributed by atoms with van der Waals surface area (Å²) in [5, 5.41) is 7.36. The van der Waals surface area contributed by atoms with E-state index >= 15 is 0 Å². The van der Waals surface area contributed by atoms with Crippen molar-refractivity contribution in [3.8, 4) is 5.75 Å². The highest BCUT2D eigenvalue weighted by Gasteiger charge is 2.29. The van der Waals surface area contributed by atoms with Crippen LogP contribution >= 0.6 is 0 Å². The van der Waals surface area contributed by atoms with E-state index in [-0.39, 0.29) is 40.8 Å². The van der Waals surface area contributed by atoms with Crippen molar-refractivity contribution in [3.05, 3.63) is 82.9 Å². The third-order valence-electron chi connectivity index (χ3n) is 7.00. The Morgan fingerprint density at radius 3 is 2.51 bits per heavy atom. The summed E-state index contributed by atoms with van der Waals surface area (Å²) >= 11 is 0. The Morgan fingerprint density at radius 1 is 1.08 bits per heavy atom. The molecule has 0 bridgehead atoms. The van der Waals surface area contributed by atoms with Gasteiger partial charge in [0.05, 0.1) is 25.6 Å². The maximum absolute atomic E-state index is 14.7. The molecular formula is C29H30FN5O4. The van der Waals surface area contributed by atoms with Crippen molar-refractivity contribution in [2.45, 2.75) is 32.6 Å². The Labute approximate surface area is 225 Å². The van der Waals surface area contributed by atoms with Gasteiger partial charge >= 0.3 is 5.97 Å². The minimum Gasteiger partial charge on any atom is -0.497 e. The molecule has 1 fully saturated rings. The molecule has 4 aromatic rings. The molecule has 9 nitrogen and oxygen atoms in total. The van der Waals surface area contributed by atoms with Crippen LogP contribution in [0.3, 0.4) is 0 Å². The summed E-state index contributed by atoms with van der Waals surface area (Å²) in [6, 6.07) is 12.7. The predicted molar refractivity (Wildman–Crippen MR) is 144 cm³/mol. The number of esters is 1. The van der Waals surface area contributed by atoms with Gasteiger partial charge in [-0.05, 0) is 68.0 Å². The SMILES string of the molecule is CCOC(=O)c1cnn2c(Nc3cc(C)ccc3F)c(C(=O)N3CCC(c4ccc(OC)cc4)CC3)cnc12. The number of aryl methyl sites for hydroxylation is 1. The van der Waals surface area contributed by atoms with E-state index in [1.807, 2.05) is 19.1 Å². The first-order valence-electron chi connectivity index (χ1n) is 12.9. The molecule has 10 heteroatoms.